The normalized spacial score (nSPS) is 17.2. The molecule has 0 N–H and O–H groups in total. The molecule has 0 aliphatic carbocycles. The Morgan fingerprint density at radius 2 is 2.12 bits per heavy atom. The average Bonchev–Trinajstić information content (AvgIpc) is 2.61. The lowest BCUT2D eigenvalue weighted by atomic mass is 10.1. The molecule has 82 valence electrons. The predicted octanol–water partition coefficient (Wildman–Crippen LogP) is 2.01. The van der Waals surface area contributed by atoms with Gasteiger partial charge in [0.2, 0.25) is 0 Å². The minimum Gasteiger partial charge on any atom is -0.496 e. The zero-order chi connectivity index (χ0) is 11.5. The lowest BCUT2D eigenvalue weighted by Crippen LogP contribution is -2.02. The van der Waals surface area contributed by atoms with Gasteiger partial charge in [0.1, 0.15) is 5.75 Å². The summed E-state index contributed by atoms with van der Waals surface area (Å²) in [7, 11) is 1.59. The maximum Gasteiger partial charge on any atom is 0.367 e. The molecule has 0 saturated heterocycles. The number of benzene rings is 1. The molecule has 0 unspecified atom stereocenters. The van der Waals surface area contributed by atoms with Crippen molar-refractivity contribution in [3.63, 3.8) is 0 Å². The topological polar surface area (TPSA) is 47.9 Å². The molecule has 16 heavy (non-hydrogen) atoms. The molecule has 0 spiro atoms. The van der Waals surface area contributed by atoms with Crippen molar-refractivity contribution in [3.05, 3.63) is 35.4 Å². The third-order valence-electron chi connectivity index (χ3n) is 2.31. The fourth-order valence-corrected chi connectivity index (χ4v) is 1.46. The molecule has 4 heteroatoms. The van der Waals surface area contributed by atoms with E-state index in [9.17, 15) is 4.79 Å². The summed E-state index contributed by atoms with van der Waals surface area (Å²) in [4.78, 5) is 15.9. The first-order chi connectivity index (χ1) is 7.72. The molecule has 0 radical (unpaired) electrons. The van der Waals surface area contributed by atoms with Gasteiger partial charge in [-0.05, 0) is 19.1 Å². The highest BCUT2D eigenvalue weighted by molar-refractivity contribution is 6.24. The van der Waals surface area contributed by atoms with Crippen LogP contribution in [0.5, 0.6) is 5.75 Å². The Morgan fingerprint density at radius 3 is 2.75 bits per heavy atom. The maximum atomic E-state index is 11.3. The molecule has 1 aliphatic heterocycles. The van der Waals surface area contributed by atoms with Crippen LogP contribution in [0.2, 0.25) is 0 Å². The monoisotopic (exact) mass is 217 g/mol. The summed E-state index contributed by atoms with van der Waals surface area (Å²) in [6, 6.07) is 7.44. The fraction of sp³-hybridized carbons (Fsp3) is 0.167. The number of para-hydroxylation sites is 1. The van der Waals surface area contributed by atoms with Gasteiger partial charge < -0.3 is 9.57 Å². The lowest BCUT2D eigenvalue weighted by Gasteiger charge is -2.03. The number of hydrogen-bond acceptors (Lipinski definition) is 4. The maximum absolute atomic E-state index is 11.3. The molecule has 0 atom stereocenters. The van der Waals surface area contributed by atoms with Gasteiger partial charge in [-0.1, -0.05) is 23.4 Å². The number of methoxy groups -OCH3 is 1. The van der Waals surface area contributed by atoms with Gasteiger partial charge in [0, 0.05) is 5.56 Å². The molecular weight excluding hydrogens is 206 g/mol. The quantitative estimate of drug-likeness (QED) is 0.562. The van der Waals surface area contributed by atoms with E-state index in [-0.39, 0.29) is 0 Å². The van der Waals surface area contributed by atoms with E-state index >= 15 is 0 Å². The van der Waals surface area contributed by atoms with E-state index in [1.807, 2.05) is 24.3 Å². The Kier molecular flexibility index (Phi) is 2.72. The molecule has 0 saturated carbocycles. The number of hydrogen-bond donors (Lipinski definition) is 0. The van der Waals surface area contributed by atoms with E-state index in [1.54, 1.807) is 20.1 Å². The largest absolute Gasteiger partial charge is 0.496 e. The van der Waals surface area contributed by atoms with Crippen LogP contribution < -0.4 is 4.74 Å². The van der Waals surface area contributed by atoms with Crippen LogP contribution in [-0.4, -0.2) is 18.8 Å². The number of carbonyl (C=O) groups excluding carboxylic acids is 1. The molecule has 1 aromatic carbocycles. The molecule has 1 aliphatic rings. The van der Waals surface area contributed by atoms with E-state index < -0.39 is 5.97 Å². The number of oxime groups is 1. The van der Waals surface area contributed by atoms with Crippen molar-refractivity contribution in [1.29, 1.82) is 0 Å². The fourth-order valence-electron chi connectivity index (χ4n) is 1.46. The highest BCUT2D eigenvalue weighted by Gasteiger charge is 2.22. The zero-order valence-electron chi connectivity index (χ0n) is 9.06. The number of nitrogens with zero attached hydrogens (tertiary/aromatic N) is 1. The summed E-state index contributed by atoms with van der Waals surface area (Å²) >= 11 is 0. The minimum absolute atomic E-state index is 0.427. The number of carbonyl (C=O) groups is 1. The molecule has 1 heterocycles. The van der Waals surface area contributed by atoms with Gasteiger partial charge in [-0.3, -0.25) is 0 Å². The van der Waals surface area contributed by atoms with Crippen molar-refractivity contribution >= 4 is 17.8 Å². The molecule has 0 fully saturated rings. The van der Waals surface area contributed by atoms with E-state index in [1.165, 1.54) is 0 Å². The first-order valence-corrected chi connectivity index (χ1v) is 4.83. The lowest BCUT2D eigenvalue weighted by molar-refractivity contribution is -0.136. The third-order valence-corrected chi connectivity index (χ3v) is 2.31. The van der Waals surface area contributed by atoms with Gasteiger partial charge in [-0.25, -0.2) is 4.79 Å². The van der Waals surface area contributed by atoms with Crippen molar-refractivity contribution in [2.75, 3.05) is 7.11 Å². The average molecular weight is 217 g/mol. The molecule has 4 nitrogen and oxygen atoms in total. The number of rotatable bonds is 2. The van der Waals surface area contributed by atoms with Gasteiger partial charge in [0.15, 0.2) is 0 Å². The van der Waals surface area contributed by atoms with Crippen LogP contribution in [0.1, 0.15) is 12.5 Å². The Bertz CT molecular complexity index is 489. The predicted molar refractivity (Wildman–Crippen MR) is 60.2 cm³/mol. The molecule has 1 aromatic rings. The van der Waals surface area contributed by atoms with Crippen LogP contribution in [0.3, 0.4) is 0 Å². The van der Waals surface area contributed by atoms with Crippen molar-refractivity contribution in [3.8, 4) is 5.75 Å². The summed E-state index contributed by atoms with van der Waals surface area (Å²) in [5.41, 5.74) is 1.87. The molecular formula is C12H11NO3. The van der Waals surface area contributed by atoms with Crippen molar-refractivity contribution in [2.45, 2.75) is 6.92 Å². The second-order valence-electron chi connectivity index (χ2n) is 3.36. The van der Waals surface area contributed by atoms with Crippen LogP contribution in [0.25, 0.3) is 6.08 Å². The second-order valence-corrected chi connectivity index (χ2v) is 3.36. The van der Waals surface area contributed by atoms with Crippen LogP contribution >= 0.6 is 0 Å². The second kappa shape index (κ2) is 4.18. The standard InChI is InChI=1S/C12H11NO3/c1-8-10(12(14)16-13-8)7-9-5-3-4-6-11(9)15-2/h3-7H,1-2H3. The number of ether oxygens (including phenoxy) is 1. The Balaban J connectivity index is 2.43. The summed E-state index contributed by atoms with van der Waals surface area (Å²) in [6.07, 6.45) is 1.72. The molecule has 0 aromatic heterocycles. The van der Waals surface area contributed by atoms with Crippen molar-refractivity contribution in [2.24, 2.45) is 5.16 Å². The van der Waals surface area contributed by atoms with Crippen molar-refractivity contribution in [1.82, 2.24) is 0 Å². The van der Waals surface area contributed by atoms with Crippen LogP contribution in [0.4, 0.5) is 0 Å². The van der Waals surface area contributed by atoms with Crippen LogP contribution in [0.15, 0.2) is 35.0 Å². The van der Waals surface area contributed by atoms with Crippen LogP contribution in [0, 0.1) is 0 Å². The summed E-state index contributed by atoms with van der Waals surface area (Å²) in [6.45, 7) is 1.73. The van der Waals surface area contributed by atoms with Gasteiger partial charge in [-0.15, -0.1) is 0 Å². The zero-order valence-corrected chi connectivity index (χ0v) is 9.06. The molecule has 0 amide bonds. The SMILES string of the molecule is COc1ccccc1C=C1C(=O)ON=C1C. The third kappa shape index (κ3) is 1.82. The van der Waals surface area contributed by atoms with Gasteiger partial charge in [-0.2, -0.15) is 0 Å². The summed E-state index contributed by atoms with van der Waals surface area (Å²) in [5.74, 6) is 0.283. The molecule has 2 rings (SSSR count). The Morgan fingerprint density at radius 1 is 1.38 bits per heavy atom. The Hall–Kier alpha value is -2.10. The summed E-state index contributed by atoms with van der Waals surface area (Å²) < 4.78 is 5.19. The van der Waals surface area contributed by atoms with Crippen molar-refractivity contribution < 1.29 is 14.4 Å². The highest BCUT2D eigenvalue weighted by atomic mass is 16.7. The smallest absolute Gasteiger partial charge is 0.367 e. The van der Waals surface area contributed by atoms with E-state index in [0.29, 0.717) is 17.0 Å². The minimum atomic E-state index is -0.427. The molecule has 0 bridgehead atoms. The summed E-state index contributed by atoms with van der Waals surface area (Å²) in [5, 5.41) is 3.61. The van der Waals surface area contributed by atoms with Gasteiger partial charge in [0.05, 0.1) is 18.4 Å². The first kappa shape index (κ1) is 10.4. The van der Waals surface area contributed by atoms with E-state index in [4.69, 9.17) is 4.74 Å². The first-order valence-electron chi connectivity index (χ1n) is 4.83. The van der Waals surface area contributed by atoms with Crippen LogP contribution in [-0.2, 0) is 9.63 Å². The highest BCUT2D eigenvalue weighted by Crippen LogP contribution is 2.22. The Labute approximate surface area is 93.2 Å². The van der Waals surface area contributed by atoms with Gasteiger partial charge >= 0.3 is 5.97 Å². The van der Waals surface area contributed by atoms with E-state index in [0.717, 1.165) is 5.56 Å². The van der Waals surface area contributed by atoms with Gasteiger partial charge in [0.25, 0.3) is 0 Å². The van der Waals surface area contributed by atoms with E-state index in [2.05, 4.69) is 9.99 Å².